The molecule has 1 aromatic rings. The van der Waals surface area contributed by atoms with Crippen LogP contribution in [0.3, 0.4) is 0 Å². The van der Waals surface area contributed by atoms with E-state index < -0.39 is 6.10 Å². The second kappa shape index (κ2) is 5.94. The summed E-state index contributed by atoms with van der Waals surface area (Å²) >= 11 is 3.27. The van der Waals surface area contributed by atoms with E-state index in [1.165, 1.54) is 6.07 Å². The summed E-state index contributed by atoms with van der Waals surface area (Å²) in [5.74, 6) is -0.379. The van der Waals surface area contributed by atoms with E-state index in [1.807, 2.05) is 13.8 Å². The smallest absolute Gasteiger partial charge is 0.129 e. The molecule has 0 aromatic heterocycles. The largest absolute Gasteiger partial charge is 0.388 e. The van der Waals surface area contributed by atoms with Gasteiger partial charge in [0.25, 0.3) is 0 Å². The Morgan fingerprint density at radius 2 is 2.12 bits per heavy atom. The van der Waals surface area contributed by atoms with Gasteiger partial charge in [0.1, 0.15) is 5.82 Å². The van der Waals surface area contributed by atoms with Crippen molar-refractivity contribution < 1.29 is 14.2 Å². The molecule has 0 saturated heterocycles. The monoisotopic (exact) mass is 304 g/mol. The molecule has 2 nitrogen and oxygen atoms in total. The Morgan fingerprint density at radius 3 is 2.71 bits per heavy atom. The molecular formula is C13H18BrFO2. The van der Waals surface area contributed by atoms with Crippen molar-refractivity contribution in [2.75, 3.05) is 7.11 Å². The van der Waals surface area contributed by atoms with Crippen molar-refractivity contribution in [1.82, 2.24) is 0 Å². The van der Waals surface area contributed by atoms with E-state index in [4.69, 9.17) is 4.74 Å². The molecule has 1 rings (SSSR count). The van der Waals surface area contributed by atoms with Crippen LogP contribution in [0.2, 0.25) is 0 Å². The number of benzene rings is 1. The highest BCUT2D eigenvalue weighted by Gasteiger charge is 2.20. The summed E-state index contributed by atoms with van der Waals surface area (Å²) in [7, 11) is 1.63. The number of aliphatic hydroxyl groups excluding tert-OH is 1. The SMILES string of the molecule is COC(C)(C)CCC(O)c1cc(Br)ccc1F. The molecule has 96 valence electrons. The minimum absolute atomic E-state index is 0.302. The van der Waals surface area contributed by atoms with Gasteiger partial charge in [-0.15, -0.1) is 0 Å². The van der Waals surface area contributed by atoms with Gasteiger partial charge < -0.3 is 9.84 Å². The summed E-state index contributed by atoms with van der Waals surface area (Å²) < 4.78 is 19.5. The van der Waals surface area contributed by atoms with Crippen molar-refractivity contribution in [3.63, 3.8) is 0 Å². The molecule has 0 bridgehead atoms. The first kappa shape index (κ1) is 14.6. The zero-order valence-electron chi connectivity index (χ0n) is 10.3. The highest BCUT2D eigenvalue weighted by Crippen LogP contribution is 2.27. The number of aliphatic hydroxyl groups is 1. The molecule has 1 unspecified atom stereocenters. The predicted octanol–water partition coefficient (Wildman–Crippen LogP) is 3.83. The van der Waals surface area contributed by atoms with Crippen LogP contribution in [0.15, 0.2) is 22.7 Å². The van der Waals surface area contributed by atoms with Gasteiger partial charge in [0.15, 0.2) is 0 Å². The fourth-order valence-electron chi connectivity index (χ4n) is 1.51. The topological polar surface area (TPSA) is 29.5 Å². The van der Waals surface area contributed by atoms with Crippen molar-refractivity contribution in [3.05, 3.63) is 34.1 Å². The summed E-state index contributed by atoms with van der Waals surface area (Å²) in [6.45, 7) is 3.88. The fourth-order valence-corrected chi connectivity index (χ4v) is 1.89. The van der Waals surface area contributed by atoms with Gasteiger partial charge in [-0.25, -0.2) is 4.39 Å². The van der Waals surface area contributed by atoms with Crippen LogP contribution in [-0.2, 0) is 4.74 Å². The van der Waals surface area contributed by atoms with Crippen molar-refractivity contribution in [2.45, 2.75) is 38.4 Å². The Balaban J connectivity index is 2.70. The van der Waals surface area contributed by atoms with Crippen LogP contribution < -0.4 is 0 Å². The Kier molecular flexibility index (Phi) is 5.10. The third kappa shape index (κ3) is 4.37. The highest BCUT2D eigenvalue weighted by molar-refractivity contribution is 9.10. The molecule has 0 amide bonds. The van der Waals surface area contributed by atoms with E-state index >= 15 is 0 Å². The van der Waals surface area contributed by atoms with Crippen LogP contribution in [0, 0.1) is 5.82 Å². The van der Waals surface area contributed by atoms with E-state index in [1.54, 1.807) is 19.2 Å². The van der Waals surface area contributed by atoms with Crippen molar-refractivity contribution in [2.24, 2.45) is 0 Å². The van der Waals surface area contributed by atoms with E-state index in [9.17, 15) is 9.50 Å². The van der Waals surface area contributed by atoms with E-state index in [-0.39, 0.29) is 11.4 Å². The van der Waals surface area contributed by atoms with Gasteiger partial charge in [-0.2, -0.15) is 0 Å². The van der Waals surface area contributed by atoms with Crippen molar-refractivity contribution in [3.8, 4) is 0 Å². The van der Waals surface area contributed by atoms with Gasteiger partial charge in [-0.3, -0.25) is 0 Å². The normalized spacial score (nSPS) is 13.8. The zero-order valence-corrected chi connectivity index (χ0v) is 11.9. The highest BCUT2D eigenvalue weighted by atomic mass is 79.9. The Bertz CT molecular complexity index is 380. The van der Waals surface area contributed by atoms with Crippen LogP contribution in [0.1, 0.15) is 38.4 Å². The van der Waals surface area contributed by atoms with E-state index in [0.29, 0.717) is 18.4 Å². The third-order valence-electron chi connectivity index (χ3n) is 2.89. The van der Waals surface area contributed by atoms with Gasteiger partial charge >= 0.3 is 0 Å². The van der Waals surface area contributed by atoms with Crippen molar-refractivity contribution >= 4 is 15.9 Å². The number of halogens is 2. The van der Waals surface area contributed by atoms with E-state index in [0.717, 1.165) is 4.47 Å². The molecule has 0 heterocycles. The van der Waals surface area contributed by atoms with Crippen LogP contribution in [-0.4, -0.2) is 17.8 Å². The first-order chi connectivity index (χ1) is 7.85. The van der Waals surface area contributed by atoms with Crippen LogP contribution >= 0.6 is 15.9 Å². The van der Waals surface area contributed by atoms with Gasteiger partial charge in [0, 0.05) is 17.1 Å². The van der Waals surface area contributed by atoms with Gasteiger partial charge in [-0.05, 0) is 44.9 Å². The lowest BCUT2D eigenvalue weighted by Gasteiger charge is -2.24. The number of hydrogen-bond acceptors (Lipinski definition) is 2. The molecule has 0 spiro atoms. The number of rotatable bonds is 5. The molecular weight excluding hydrogens is 287 g/mol. The van der Waals surface area contributed by atoms with Gasteiger partial charge in [0.2, 0.25) is 0 Å². The summed E-state index contributed by atoms with van der Waals surface area (Å²) in [4.78, 5) is 0. The summed E-state index contributed by atoms with van der Waals surface area (Å²) in [5, 5.41) is 9.97. The van der Waals surface area contributed by atoms with Gasteiger partial charge in [-0.1, -0.05) is 15.9 Å². The van der Waals surface area contributed by atoms with Crippen LogP contribution in [0.5, 0.6) is 0 Å². The second-order valence-electron chi connectivity index (χ2n) is 4.68. The molecule has 17 heavy (non-hydrogen) atoms. The molecule has 0 fully saturated rings. The molecule has 0 saturated carbocycles. The molecule has 1 atom stereocenters. The summed E-state index contributed by atoms with van der Waals surface area (Å²) in [6, 6.07) is 4.58. The standard InChI is InChI=1S/C13H18BrFO2/c1-13(2,17-3)7-6-12(16)10-8-9(14)4-5-11(10)15/h4-5,8,12,16H,6-7H2,1-3H3. The Hall–Kier alpha value is -0.450. The minimum Gasteiger partial charge on any atom is -0.388 e. The third-order valence-corrected chi connectivity index (χ3v) is 3.38. The molecule has 0 aliphatic carbocycles. The lowest BCUT2D eigenvalue weighted by Crippen LogP contribution is -2.23. The average Bonchev–Trinajstić information content (AvgIpc) is 2.29. The fraction of sp³-hybridized carbons (Fsp3) is 0.538. The summed E-state index contributed by atoms with van der Waals surface area (Å²) in [6.07, 6.45) is 0.326. The lowest BCUT2D eigenvalue weighted by molar-refractivity contribution is 0.00247. The molecule has 4 heteroatoms. The predicted molar refractivity (Wildman–Crippen MR) is 69.4 cm³/mol. The Morgan fingerprint density at radius 1 is 1.47 bits per heavy atom. The van der Waals surface area contributed by atoms with Crippen molar-refractivity contribution in [1.29, 1.82) is 0 Å². The quantitative estimate of drug-likeness (QED) is 0.896. The van der Waals surface area contributed by atoms with Crippen LogP contribution in [0.25, 0.3) is 0 Å². The molecule has 1 N–H and O–H groups in total. The summed E-state index contributed by atoms with van der Waals surface area (Å²) in [5.41, 5.74) is 0.0231. The number of methoxy groups -OCH3 is 1. The first-order valence-corrected chi connectivity index (χ1v) is 6.33. The van der Waals surface area contributed by atoms with Gasteiger partial charge in [0.05, 0.1) is 11.7 Å². The maximum absolute atomic E-state index is 13.5. The zero-order chi connectivity index (χ0) is 13.1. The first-order valence-electron chi connectivity index (χ1n) is 5.54. The average molecular weight is 305 g/mol. The molecule has 1 aromatic carbocycles. The molecule has 0 radical (unpaired) electrons. The second-order valence-corrected chi connectivity index (χ2v) is 5.60. The van der Waals surface area contributed by atoms with E-state index in [2.05, 4.69) is 15.9 Å². The maximum Gasteiger partial charge on any atom is 0.129 e. The van der Waals surface area contributed by atoms with Crippen LogP contribution in [0.4, 0.5) is 4.39 Å². The Labute approximate surface area is 110 Å². The molecule has 0 aliphatic rings. The molecule has 0 aliphatic heterocycles. The lowest BCUT2D eigenvalue weighted by atomic mass is 9.96. The number of ether oxygens (including phenoxy) is 1. The number of hydrogen-bond donors (Lipinski definition) is 1. The maximum atomic E-state index is 13.5. The minimum atomic E-state index is -0.804.